The van der Waals surface area contributed by atoms with Crippen LogP contribution in [-0.2, 0) is 16.1 Å². The van der Waals surface area contributed by atoms with Gasteiger partial charge in [-0.1, -0.05) is 63.2 Å². The van der Waals surface area contributed by atoms with E-state index in [0.29, 0.717) is 25.4 Å². The minimum Gasteiger partial charge on any atom is -0.497 e. The second-order valence-electron chi connectivity index (χ2n) is 7.18. The molecule has 28 heavy (non-hydrogen) atoms. The molecule has 0 heterocycles. The van der Waals surface area contributed by atoms with Gasteiger partial charge in [0.1, 0.15) is 11.8 Å². The van der Waals surface area contributed by atoms with Gasteiger partial charge in [0.2, 0.25) is 11.8 Å². The molecule has 0 fully saturated rings. The van der Waals surface area contributed by atoms with Crippen LogP contribution in [0, 0.1) is 5.92 Å². The summed E-state index contributed by atoms with van der Waals surface area (Å²) in [7, 11) is 1.62. The van der Waals surface area contributed by atoms with Crippen LogP contribution >= 0.6 is 0 Å². The molecule has 2 rings (SSSR count). The van der Waals surface area contributed by atoms with Gasteiger partial charge < -0.3 is 15.0 Å². The van der Waals surface area contributed by atoms with Crippen molar-refractivity contribution < 1.29 is 14.3 Å². The van der Waals surface area contributed by atoms with Crippen LogP contribution in [0.3, 0.4) is 0 Å². The van der Waals surface area contributed by atoms with Crippen molar-refractivity contribution in [1.29, 1.82) is 0 Å². The van der Waals surface area contributed by atoms with Crippen LogP contribution in [0.4, 0.5) is 0 Å². The maximum absolute atomic E-state index is 13.1. The minimum absolute atomic E-state index is 0.0654. The zero-order valence-electron chi connectivity index (χ0n) is 17.1. The summed E-state index contributed by atoms with van der Waals surface area (Å²) in [5, 5.41) is 2.99. The molecule has 0 bridgehead atoms. The molecule has 0 spiro atoms. The molecule has 2 aromatic rings. The lowest BCUT2D eigenvalue weighted by molar-refractivity contribution is -0.141. The van der Waals surface area contributed by atoms with Crippen LogP contribution in [0.15, 0.2) is 54.6 Å². The highest BCUT2D eigenvalue weighted by atomic mass is 16.5. The lowest BCUT2D eigenvalue weighted by Gasteiger charge is -2.31. The third-order valence-corrected chi connectivity index (χ3v) is 4.49. The molecule has 1 N–H and O–H groups in total. The van der Waals surface area contributed by atoms with E-state index < -0.39 is 6.04 Å². The van der Waals surface area contributed by atoms with Gasteiger partial charge in [0.25, 0.3) is 0 Å². The maximum Gasteiger partial charge on any atom is 0.247 e. The van der Waals surface area contributed by atoms with Gasteiger partial charge in [0, 0.05) is 19.5 Å². The molecule has 5 nitrogen and oxygen atoms in total. The van der Waals surface area contributed by atoms with Gasteiger partial charge in [0.05, 0.1) is 7.11 Å². The quantitative estimate of drug-likeness (QED) is 0.714. The number of nitrogens with zero attached hydrogens (tertiary/aromatic N) is 1. The molecule has 2 amide bonds. The molecule has 5 heteroatoms. The zero-order chi connectivity index (χ0) is 20.5. The van der Waals surface area contributed by atoms with Crippen LogP contribution in [0.2, 0.25) is 0 Å². The first-order valence-corrected chi connectivity index (χ1v) is 9.71. The highest BCUT2D eigenvalue weighted by Crippen LogP contribution is 2.25. The average molecular weight is 383 g/mol. The molecule has 0 aliphatic carbocycles. The maximum atomic E-state index is 13.1. The first-order chi connectivity index (χ1) is 13.5. The summed E-state index contributed by atoms with van der Waals surface area (Å²) < 4.78 is 5.21. The summed E-state index contributed by atoms with van der Waals surface area (Å²) in [6, 6.07) is 16.4. The van der Waals surface area contributed by atoms with Crippen molar-refractivity contribution in [2.24, 2.45) is 5.92 Å². The Hall–Kier alpha value is -2.82. The third-order valence-electron chi connectivity index (χ3n) is 4.49. The normalized spacial score (nSPS) is 11.8. The molecular formula is C23H30N2O3. The summed E-state index contributed by atoms with van der Waals surface area (Å²) in [6.45, 7) is 6.83. The van der Waals surface area contributed by atoms with Crippen molar-refractivity contribution in [2.45, 2.75) is 39.8 Å². The number of carbonyl (C=O) groups excluding carboxylic acids is 2. The number of hydrogen-bond donors (Lipinski definition) is 1. The molecule has 0 radical (unpaired) electrons. The molecule has 150 valence electrons. The highest BCUT2D eigenvalue weighted by molar-refractivity contribution is 5.88. The highest BCUT2D eigenvalue weighted by Gasteiger charge is 2.30. The number of hydrogen-bond acceptors (Lipinski definition) is 3. The van der Waals surface area contributed by atoms with E-state index in [9.17, 15) is 9.59 Å². The van der Waals surface area contributed by atoms with Gasteiger partial charge >= 0.3 is 0 Å². The fraction of sp³-hybridized carbons (Fsp3) is 0.391. The molecule has 1 atom stereocenters. The number of rotatable bonds is 9. The first kappa shape index (κ1) is 21.5. The van der Waals surface area contributed by atoms with E-state index in [2.05, 4.69) is 5.32 Å². The van der Waals surface area contributed by atoms with Gasteiger partial charge in [-0.3, -0.25) is 9.59 Å². The van der Waals surface area contributed by atoms with E-state index >= 15 is 0 Å². The van der Waals surface area contributed by atoms with Gasteiger partial charge in [-0.05, 0) is 29.2 Å². The fourth-order valence-corrected chi connectivity index (χ4v) is 2.96. The minimum atomic E-state index is -0.672. The molecule has 2 aromatic carbocycles. The molecule has 0 saturated heterocycles. The number of carbonyl (C=O) groups is 2. The molecule has 0 saturated carbocycles. The molecule has 0 aromatic heterocycles. The lowest BCUT2D eigenvalue weighted by Crippen LogP contribution is -2.44. The predicted octanol–water partition coefficient (Wildman–Crippen LogP) is 3.95. The van der Waals surface area contributed by atoms with Crippen LogP contribution in [0.1, 0.15) is 44.4 Å². The standard InChI is InChI=1S/C23H30N2O3/c1-5-21(26)25(16-18-11-13-20(28-4)14-12-18)22(19-9-7-6-8-10-19)23(27)24-15-17(2)3/h6-14,17,22H,5,15-16H2,1-4H3,(H,24,27)/t22-/m1/s1. The third kappa shape index (κ3) is 5.84. The van der Waals surface area contributed by atoms with E-state index in [1.54, 1.807) is 12.0 Å². The first-order valence-electron chi connectivity index (χ1n) is 9.71. The Morgan fingerprint density at radius 3 is 2.21 bits per heavy atom. The predicted molar refractivity (Wildman–Crippen MR) is 111 cm³/mol. The Kier molecular flexibility index (Phi) is 8.05. The van der Waals surface area contributed by atoms with Crippen molar-refractivity contribution in [1.82, 2.24) is 10.2 Å². The van der Waals surface area contributed by atoms with E-state index in [1.165, 1.54) is 0 Å². The van der Waals surface area contributed by atoms with Crippen LogP contribution in [0.5, 0.6) is 5.75 Å². The van der Waals surface area contributed by atoms with Crippen molar-refractivity contribution in [3.8, 4) is 5.75 Å². The Bertz CT molecular complexity index is 757. The van der Waals surface area contributed by atoms with E-state index in [4.69, 9.17) is 4.74 Å². The number of benzene rings is 2. The second-order valence-corrected chi connectivity index (χ2v) is 7.18. The average Bonchev–Trinajstić information content (AvgIpc) is 2.72. The summed E-state index contributed by atoms with van der Waals surface area (Å²) in [4.78, 5) is 27.6. The number of nitrogens with one attached hydrogen (secondary N) is 1. The van der Waals surface area contributed by atoms with Crippen molar-refractivity contribution >= 4 is 11.8 Å². The monoisotopic (exact) mass is 382 g/mol. The van der Waals surface area contributed by atoms with Gasteiger partial charge in [0.15, 0.2) is 0 Å². The Morgan fingerprint density at radius 2 is 1.68 bits per heavy atom. The van der Waals surface area contributed by atoms with E-state index in [-0.39, 0.29) is 11.8 Å². The Morgan fingerprint density at radius 1 is 1.04 bits per heavy atom. The Balaban J connectivity index is 2.36. The van der Waals surface area contributed by atoms with Crippen LogP contribution < -0.4 is 10.1 Å². The van der Waals surface area contributed by atoms with Crippen molar-refractivity contribution in [3.05, 3.63) is 65.7 Å². The van der Waals surface area contributed by atoms with Gasteiger partial charge in [-0.2, -0.15) is 0 Å². The van der Waals surface area contributed by atoms with E-state index in [1.807, 2.05) is 75.4 Å². The molecule has 0 unspecified atom stereocenters. The summed E-state index contributed by atoms with van der Waals surface area (Å²) >= 11 is 0. The summed E-state index contributed by atoms with van der Waals surface area (Å²) in [6.07, 6.45) is 0.330. The smallest absolute Gasteiger partial charge is 0.247 e. The molecular weight excluding hydrogens is 352 g/mol. The van der Waals surface area contributed by atoms with Crippen molar-refractivity contribution in [3.63, 3.8) is 0 Å². The number of ether oxygens (including phenoxy) is 1. The molecule has 0 aliphatic rings. The SMILES string of the molecule is CCC(=O)N(Cc1ccc(OC)cc1)[C@@H](C(=O)NCC(C)C)c1ccccc1. The number of amides is 2. The topological polar surface area (TPSA) is 58.6 Å². The Labute approximate surface area is 167 Å². The second kappa shape index (κ2) is 10.5. The lowest BCUT2D eigenvalue weighted by atomic mass is 10.0. The van der Waals surface area contributed by atoms with Crippen LogP contribution in [0.25, 0.3) is 0 Å². The molecule has 0 aliphatic heterocycles. The summed E-state index contributed by atoms with van der Waals surface area (Å²) in [5.41, 5.74) is 1.75. The van der Waals surface area contributed by atoms with Crippen molar-refractivity contribution in [2.75, 3.05) is 13.7 Å². The van der Waals surface area contributed by atoms with E-state index in [0.717, 1.165) is 16.9 Å². The number of methoxy groups -OCH3 is 1. The summed E-state index contributed by atoms with van der Waals surface area (Å²) in [5.74, 6) is 0.864. The largest absolute Gasteiger partial charge is 0.497 e. The zero-order valence-corrected chi connectivity index (χ0v) is 17.1. The van der Waals surface area contributed by atoms with Gasteiger partial charge in [-0.15, -0.1) is 0 Å². The van der Waals surface area contributed by atoms with Gasteiger partial charge in [-0.25, -0.2) is 0 Å². The fourth-order valence-electron chi connectivity index (χ4n) is 2.96. The van der Waals surface area contributed by atoms with Crippen LogP contribution in [-0.4, -0.2) is 30.4 Å².